The van der Waals surface area contributed by atoms with Crippen LogP contribution in [0.1, 0.15) is 136 Å². The highest BCUT2D eigenvalue weighted by molar-refractivity contribution is 7.85. The van der Waals surface area contributed by atoms with Gasteiger partial charge < -0.3 is 14.6 Å². The van der Waals surface area contributed by atoms with Gasteiger partial charge >= 0.3 is 0 Å². The predicted octanol–water partition coefficient (Wildman–Crippen LogP) is 7.34. The molecule has 0 radical (unpaired) electrons. The molecule has 7 heteroatoms. The first-order valence-corrected chi connectivity index (χ1v) is 15.9. The Labute approximate surface area is 212 Å². The molecular weight excluding hydrogens is 452 g/mol. The van der Waals surface area contributed by atoms with Gasteiger partial charge in [0, 0.05) is 13.2 Å². The Morgan fingerprint density at radius 3 is 1.32 bits per heavy atom. The molecule has 0 aromatic rings. The highest BCUT2D eigenvalue weighted by Crippen LogP contribution is 2.13. The molecule has 0 saturated carbocycles. The van der Waals surface area contributed by atoms with E-state index in [0.29, 0.717) is 12.9 Å². The Kier molecular flexibility index (Phi) is 30.7. The third-order valence-corrected chi connectivity index (χ3v) is 5.75. The topological polar surface area (TPSA) is 93.1 Å². The van der Waals surface area contributed by atoms with Crippen LogP contribution in [0.4, 0.5) is 0 Å². The zero-order chi connectivity index (χ0) is 25.8. The van der Waals surface area contributed by atoms with Crippen LogP contribution in [0.3, 0.4) is 0 Å². The Bertz CT molecular complexity index is 462. The van der Waals surface area contributed by atoms with Gasteiger partial charge in [0.1, 0.15) is 6.10 Å². The van der Waals surface area contributed by atoms with E-state index in [0.717, 1.165) is 26.1 Å². The normalized spacial score (nSPS) is 12.4. The summed E-state index contributed by atoms with van der Waals surface area (Å²) in [5, 5.41) is 9.32. The molecule has 0 aliphatic heterocycles. The van der Waals surface area contributed by atoms with E-state index in [1.165, 1.54) is 109 Å². The molecule has 0 aliphatic rings. The fraction of sp³-hybridized carbons (Fsp3) is 1.00. The van der Waals surface area contributed by atoms with E-state index in [4.69, 9.17) is 14.0 Å². The molecule has 0 bridgehead atoms. The summed E-state index contributed by atoms with van der Waals surface area (Å²) in [6.07, 6.45) is 26.3. The van der Waals surface area contributed by atoms with Crippen LogP contribution in [0.25, 0.3) is 0 Å². The van der Waals surface area contributed by atoms with E-state index in [1.807, 2.05) is 0 Å². The zero-order valence-corrected chi connectivity index (χ0v) is 23.6. The van der Waals surface area contributed by atoms with Crippen LogP contribution < -0.4 is 0 Å². The van der Waals surface area contributed by atoms with Crippen LogP contribution >= 0.6 is 0 Å². The van der Waals surface area contributed by atoms with E-state index in [9.17, 15) is 13.5 Å². The van der Waals surface area contributed by atoms with Crippen LogP contribution in [-0.2, 0) is 19.6 Å². The van der Waals surface area contributed by atoms with Crippen LogP contribution in [0.2, 0.25) is 0 Å². The average Bonchev–Trinajstić information content (AvgIpc) is 2.78. The van der Waals surface area contributed by atoms with Crippen molar-refractivity contribution in [1.29, 1.82) is 0 Å². The smallest absolute Gasteiger partial charge is 0.261 e. The SMILES string of the molecule is CCCCCCCCCCCCCCCCCCOC[C@@H](CO)OCCCCC.CS(=O)(=O)O. The number of aliphatic hydroxyl groups excluding tert-OH is 1. The predicted molar refractivity (Wildman–Crippen MR) is 144 cm³/mol. The van der Waals surface area contributed by atoms with E-state index >= 15 is 0 Å². The van der Waals surface area contributed by atoms with Crippen LogP contribution in [-0.4, -0.2) is 56.9 Å². The molecule has 0 unspecified atom stereocenters. The van der Waals surface area contributed by atoms with Gasteiger partial charge in [-0.3, -0.25) is 4.55 Å². The second-order valence-electron chi connectivity index (χ2n) is 9.49. The maximum Gasteiger partial charge on any atom is 0.261 e. The minimum atomic E-state index is -3.67. The average molecular weight is 511 g/mol. The van der Waals surface area contributed by atoms with Gasteiger partial charge in [-0.25, -0.2) is 0 Å². The first-order valence-electron chi connectivity index (χ1n) is 14.1. The zero-order valence-electron chi connectivity index (χ0n) is 22.8. The summed E-state index contributed by atoms with van der Waals surface area (Å²) in [6.45, 7) is 6.60. The van der Waals surface area contributed by atoms with Crippen molar-refractivity contribution in [2.75, 3.05) is 32.7 Å². The van der Waals surface area contributed by atoms with E-state index < -0.39 is 10.1 Å². The lowest BCUT2D eigenvalue weighted by molar-refractivity contribution is -0.0437. The molecule has 0 spiro atoms. The van der Waals surface area contributed by atoms with Crippen molar-refractivity contribution >= 4 is 10.1 Å². The fourth-order valence-corrected chi connectivity index (χ4v) is 3.72. The van der Waals surface area contributed by atoms with Crippen LogP contribution in [0.5, 0.6) is 0 Å². The maximum atomic E-state index is 9.32. The van der Waals surface area contributed by atoms with Gasteiger partial charge in [0.2, 0.25) is 0 Å². The van der Waals surface area contributed by atoms with E-state index in [-0.39, 0.29) is 12.7 Å². The number of rotatable bonds is 25. The summed E-state index contributed by atoms with van der Waals surface area (Å²) in [4.78, 5) is 0. The number of hydrogen-bond donors (Lipinski definition) is 2. The third-order valence-electron chi connectivity index (χ3n) is 5.75. The lowest BCUT2D eigenvalue weighted by Crippen LogP contribution is -2.24. The molecule has 0 aromatic heterocycles. The standard InChI is InChI=1S/C26H54O3.CH4O3S/c1-3-5-7-8-9-10-11-12-13-14-15-16-17-18-19-21-22-28-25-26(24-27)29-23-20-6-4-2;1-5(2,3)4/h26-27H,3-25H2,1-2H3;1H3,(H,2,3,4)/t26-;/m1./s1. The number of ether oxygens (including phenoxy) is 2. The van der Waals surface area contributed by atoms with Crippen molar-refractivity contribution < 1.29 is 27.6 Å². The summed E-state index contributed by atoms with van der Waals surface area (Å²) in [5.41, 5.74) is 0. The Morgan fingerprint density at radius 1 is 0.618 bits per heavy atom. The molecule has 0 aromatic carbocycles. The van der Waals surface area contributed by atoms with Gasteiger partial charge in [-0.2, -0.15) is 8.42 Å². The highest BCUT2D eigenvalue weighted by atomic mass is 32.2. The van der Waals surface area contributed by atoms with E-state index in [1.54, 1.807) is 0 Å². The maximum absolute atomic E-state index is 9.32. The largest absolute Gasteiger partial charge is 0.394 e. The molecule has 0 saturated heterocycles. The summed E-state index contributed by atoms with van der Waals surface area (Å²) in [5.74, 6) is 0. The summed E-state index contributed by atoms with van der Waals surface area (Å²) in [6, 6.07) is 0. The molecule has 6 nitrogen and oxygen atoms in total. The van der Waals surface area contributed by atoms with Gasteiger partial charge in [0.25, 0.3) is 10.1 Å². The second kappa shape index (κ2) is 29.0. The van der Waals surface area contributed by atoms with Crippen LogP contribution in [0, 0.1) is 0 Å². The lowest BCUT2D eigenvalue weighted by Gasteiger charge is -2.15. The summed E-state index contributed by atoms with van der Waals surface area (Å²) >= 11 is 0. The molecular formula is C27H58O6S. The Hall–Kier alpha value is -0.210. The monoisotopic (exact) mass is 510 g/mol. The van der Waals surface area contributed by atoms with Crippen molar-refractivity contribution in [3.63, 3.8) is 0 Å². The minimum Gasteiger partial charge on any atom is -0.394 e. The van der Waals surface area contributed by atoms with Gasteiger partial charge in [-0.15, -0.1) is 0 Å². The molecule has 0 amide bonds. The molecule has 0 rings (SSSR count). The van der Waals surface area contributed by atoms with Gasteiger partial charge in [-0.05, 0) is 12.8 Å². The van der Waals surface area contributed by atoms with Gasteiger partial charge in [0.15, 0.2) is 0 Å². The molecule has 2 N–H and O–H groups in total. The minimum absolute atomic E-state index is 0.0606. The first kappa shape index (κ1) is 35.9. The van der Waals surface area contributed by atoms with Crippen molar-refractivity contribution in [2.45, 2.75) is 142 Å². The fourth-order valence-electron chi connectivity index (χ4n) is 3.72. The van der Waals surface area contributed by atoms with Crippen molar-refractivity contribution in [1.82, 2.24) is 0 Å². The van der Waals surface area contributed by atoms with E-state index in [2.05, 4.69) is 13.8 Å². The Morgan fingerprint density at radius 2 is 0.941 bits per heavy atom. The second-order valence-corrected chi connectivity index (χ2v) is 11.0. The summed E-state index contributed by atoms with van der Waals surface area (Å²) < 4.78 is 37.2. The first-order chi connectivity index (χ1) is 16.3. The van der Waals surface area contributed by atoms with Gasteiger partial charge in [0.05, 0.1) is 19.5 Å². The molecule has 0 fully saturated rings. The molecule has 208 valence electrons. The summed E-state index contributed by atoms with van der Waals surface area (Å²) in [7, 11) is -3.67. The molecule has 0 heterocycles. The number of aliphatic hydroxyl groups is 1. The van der Waals surface area contributed by atoms with Gasteiger partial charge in [-0.1, -0.05) is 123 Å². The number of unbranched alkanes of at least 4 members (excludes halogenated alkanes) is 17. The number of hydrogen-bond acceptors (Lipinski definition) is 5. The Balaban J connectivity index is 0. The molecule has 0 aliphatic carbocycles. The van der Waals surface area contributed by atoms with Crippen LogP contribution in [0.15, 0.2) is 0 Å². The molecule has 1 atom stereocenters. The molecule has 34 heavy (non-hydrogen) atoms. The van der Waals surface area contributed by atoms with Crippen molar-refractivity contribution in [3.05, 3.63) is 0 Å². The highest BCUT2D eigenvalue weighted by Gasteiger charge is 2.07. The quantitative estimate of drug-likeness (QED) is 0.0986. The van der Waals surface area contributed by atoms with Crippen molar-refractivity contribution in [2.24, 2.45) is 0 Å². The third kappa shape index (κ3) is 39.0. The van der Waals surface area contributed by atoms with Crippen molar-refractivity contribution in [3.8, 4) is 0 Å². The lowest BCUT2D eigenvalue weighted by atomic mass is 10.0.